The second-order valence-corrected chi connectivity index (χ2v) is 4.03. The van der Waals surface area contributed by atoms with E-state index in [4.69, 9.17) is 10.8 Å². The van der Waals surface area contributed by atoms with Crippen LogP contribution in [-0.2, 0) is 4.79 Å². The Hall–Kier alpha value is -1.55. The second-order valence-electron chi connectivity index (χ2n) is 4.03. The van der Waals surface area contributed by atoms with Gasteiger partial charge in [0.15, 0.2) is 0 Å². The summed E-state index contributed by atoms with van der Waals surface area (Å²) in [5.74, 6) is -0.802. The Morgan fingerprint density at radius 2 is 1.88 bits per heavy atom. The number of phenolic OH excluding ortho intramolecular Hbond substituents is 1. The van der Waals surface area contributed by atoms with Crippen molar-refractivity contribution < 1.29 is 15.0 Å². The van der Waals surface area contributed by atoms with Crippen molar-refractivity contribution in [1.29, 1.82) is 0 Å². The number of aryl methyl sites for hydroxylation is 2. The largest absolute Gasteiger partial charge is 0.507 e. The number of rotatable bonds is 4. The van der Waals surface area contributed by atoms with E-state index < -0.39 is 5.97 Å². The Labute approximate surface area is 94.7 Å². The number of nitrogens with two attached hydrogens (primary N) is 1. The number of phenols is 1. The highest BCUT2D eigenvalue weighted by molar-refractivity contribution is 5.68. The number of carboxylic acids is 1. The minimum absolute atomic E-state index is 0.0140. The summed E-state index contributed by atoms with van der Waals surface area (Å²) in [5, 5.41) is 18.4. The molecule has 0 aliphatic heterocycles. The number of carboxylic acid groups (broad SMARTS) is 1. The lowest BCUT2D eigenvalue weighted by Crippen LogP contribution is -2.16. The first-order chi connectivity index (χ1) is 7.45. The van der Waals surface area contributed by atoms with Gasteiger partial charge in [-0.15, -0.1) is 0 Å². The van der Waals surface area contributed by atoms with E-state index >= 15 is 0 Å². The summed E-state index contributed by atoms with van der Waals surface area (Å²) in [6.07, 6.45) is 0.0140. The van der Waals surface area contributed by atoms with Crippen LogP contribution in [0.3, 0.4) is 0 Å². The van der Waals surface area contributed by atoms with Crippen LogP contribution in [0.1, 0.15) is 29.0 Å². The third-order valence-corrected chi connectivity index (χ3v) is 2.69. The van der Waals surface area contributed by atoms with Gasteiger partial charge in [0.1, 0.15) is 5.75 Å². The Balaban J connectivity index is 3.06. The van der Waals surface area contributed by atoms with Crippen LogP contribution in [0.15, 0.2) is 12.1 Å². The molecule has 0 spiro atoms. The fourth-order valence-corrected chi connectivity index (χ4v) is 1.77. The molecule has 1 atom stereocenters. The molecule has 4 heteroatoms. The maximum absolute atomic E-state index is 10.7. The number of benzene rings is 1. The highest BCUT2D eigenvalue weighted by Gasteiger charge is 2.15. The fourth-order valence-electron chi connectivity index (χ4n) is 1.77. The quantitative estimate of drug-likeness (QED) is 0.722. The van der Waals surface area contributed by atoms with E-state index in [1.807, 2.05) is 0 Å². The van der Waals surface area contributed by atoms with Gasteiger partial charge in [-0.2, -0.15) is 0 Å². The second kappa shape index (κ2) is 4.99. The van der Waals surface area contributed by atoms with Crippen LogP contribution < -0.4 is 5.73 Å². The van der Waals surface area contributed by atoms with Crippen molar-refractivity contribution >= 4 is 5.97 Å². The van der Waals surface area contributed by atoms with Crippen LogP contribution >= 0.6 is 0 Å². The highest BCUT2D eigenvalue weighted by Crippen LogP contribution is 2.28. The van der Waals surface area contributed by atoms with Gasteiger partial charge in [-0.3, -0.25) is 4.79 Å². The van der Waals surface area contributed by atoms with E-state index in [-0.39, 0.29) is 24.6 Å². The van der Waals surface area contributed by atoms with Crippen LogP contribution in [-0.4, -0.2) is 22.7 Å². The molecule has 0 saturated carbocycles. The summed E-state index contributed by atoms with van der Waals surface area (Å²) >= 11 is 0. The molecule has 1 aromatic rings. The van der Waals surface area contributed by atoms with Crippen molar-refractivity contribution in [2.75, 3.05) is 6.54 Å². The van der Waals surface area contributed by atoms with E-state index in [1.165, 1.54) is 0 Å². The Morgan fingerprint density at radius 3 is 2.25 bits per heavy atom. The van der Waals surface area contributed by atoms with Gasteiger partial charge in [0, 0.05) is 5.92 Å². The monoisotopic (exact) mass is 223 g/mol. The van der Waals surface area contributed by atoms with Crippen molar-refractivity contribution in [3.63, 3.8) is 0 Å². The minimum atomic E-state index is -0.862. The van der Waals surface area contributed by atoms with E-state index in [0.29, 0.717) is 0 Å². The standard InChI is InChI=1S/C12H17NO3/c1-7-3-9(4-8(2)12(7)16)10(6-13)5-11(14)15/h3-4,10,16H,5-6,13H2,1-2H3,(H,14,15). The van der Waals surface area contributed by atoms with E-state index in [9.17, 15) is 9.90 Å². The van der Waals surface area contributed by atoms with E-state index in [1.54, 1.807) is 26.0 Å². The van der Waals surface area contributed by atoms with Crippen molar-refractivity contribution in [3.05, 3.63) is 28.8 Å². The molecule has 4 N–H and O–H groups in total. The predicted octanol–water partition coefficient (Wildman–Crippen LogP) is 1.53. The number of aromatic hydroxyl groups is 1. The molecular formula is C12H17NO3. The normalized spacial score (nSPS) is 12.4. The number of hydrogen-bond donors (Lipinski definition) is 3. The first kappa shape index (κ1) is 12.5. The SMILES string of the molecule is Cc1cc(C(CN)CC(=O)O)cc(C)c1O. The molecule has 0 aromatic heterocycles. The van der Waals surface area contributed by atoms with E-state index in [0.717, 1.165) is 16.7 Å². The van der Waals surface area contributed by atoms with E-state index in [2.05, 4.69) is 0 Å². The molecule has 1 rings (SSSR count). The lowest BCUT2D eigenvalue weighted by Gasteiger charge is -2.15. The molecule has 0 fully saturated rings. The molecule has 0 radical (unpaired) electrons. The molecule has 0 aliphatic carbocycles. The lowest BCUT2D eigenvalue weighted by atomic mass is 9.92. The van der Waals surface area contributed by atoms with Gasteiger partial charge in [-0.05, 0) is 37.1 Å². The third-order valence-electron chi connectivity index (χ3n) is 2.69. The molecule has 1 aromatic carbocycles. The van der Waals surface area contributed by atoms with Crippen molar-refractivity contribution in [1.82, 2.24) is 0 Å². The number of aliphatic carboxylic acids is 1. The average molecular weight is 223 g/mol. The summed E-state index contributed by atoms with van der Waals surface area (Å²) in [7, 11) is 0. The first-order valence-corrected chi connectivity index (χ1v) is 5.17. The smallest absolute Gasteiger partial charge is 0.304 e. The minimum Gasteiger partial charge on any atom is -0.507 e. The number of carbonyl (C=O) groups is 1. The van der Waals surface area contributed by atoms with Crippen molar-refractivity contribution in [2.45, 2.75) is 26.2 Å². The van der Waals surface area contributed by atoms with Gasteiger partial charge in [0.2, 0.25) is 0 Å². The van der Waals surface area contributed by atoms with Crippen LogP contribution in [0.25, 0.3) is 0 Å². The molecule has 16 heavy (non-hydrogen) atoms. The molecule has 4 nitrogen and oxygen atoms in total. The molecule has 0 amide bonds. The third kappa shape index (κ3) is 2.73. The average Bonchev–Trinajstić information content (AvgIpc) is 2.21. The molecule has 0 aliphatic rings. The zero-order valence-corrected chi connectivity index (χ0v) is 9.53. The van der Waals surface area contributed by atoms with Gasteiger partial charge < -0.3 is 15.9 Å². The zero-order chi connectivity index (χ0) is 12.3. The van der Waals surface area contributed by atoms with Gasteiger partial charge in [-0.25, -0.2) is 0 Å². The topological polar surface area (TPSA) is 83.6 Å². The summed E-state index contributed by atoms with van der Waals surface area (Å²) < 4.78 is 0. The predicted molar refractivity (Wildman–Crippen MR) is 61.6 cm³/mol. The maximum atomic E-state index is 10.7. The van der Waals surface area contributed by atoms with Crippen LogP contribution in [0.4, 0.5) is 0 Å². The van der Waals surface area contributed by atoms with Gasteiger partial charge >= 0.3 is 5.97 Å². The molecule has 0 saturated heterocycles. The van der Waals surface area contributed by atoms with Gasteiger partial charge in [-0.1, -0.05) is 12.1 Å². The molecular weight excluding hydrogens is 206 g/mol. The summed E-state index contributed by atoms with van der Waals surface area (Å²) in [5.41, 5.74) is 7.94. The number of hydrogen-bond acceptors (Lipinski definition) is 3. The maximum Gasteiger partial charge on any atom is 0.304 e. The van der Waals surface area contributed by atoms with Crippen LogP contribution in [0.2, 0.25) is 0 Å². The summed E-state index contributed by atoms with van der Waals surface area (Å²) in [4.78, 5) is 10.7. The summed E-state index contributed by atoms with van der Waals surface area (Å²) in [6.45, 7) is 3.87. The highest BCUT2D eigenvalue weighted by atomic mass is 16.4. The van der Waals surface area contributed by atoms with Crippen molar-refractivity contribution in [2.24, 2.45) is 5.73 Å². The summed E-state index contributed by atoms with van der Waals surface area (Å²) in [6, 6.07) is 3.59. The first-order valence-electron chi connectivity index (χ1n) is 5.17. The van der Waals surface area contributed by atoms with Crippen LogP contribution in [0, 0.1) is 13.8 Å². The van der Waals surface area contributed by atoms with Crippen molar-refractivity contribution in [3.8, 4) is 5.75 Å². The van der Waals surface area contributed by atoms with Gasteiger partial charge in [0.05, 0.1) is 6.42 Å². The zero-order valence-electron chi connectivity index (χ0n) is 9.53. The van der Waals surface area contributed by atoms with Crippen LogP contribution in [0.5, 0.6) is 5.75 Å². The molecule has 1 unspecified atom stereocenters. The molecule has 0 bridgehead atoms. The Bertz CT molecular complexity index is 378. The Morgan fingerprint density at radius 1 is 1.38 bits per heavy atom. The molecule has 88 valence electrons. The van der Waals surface area contributed by atoms with Gasteiger partial charge in [0.25, 0.3) is 0 Å². The fraction of sp³-hybridized carbons (Fsp3) is 0.417. The lowest BCUT2D eigenvalue weighted by molar-refractivity contribution is -0.137. The Kier molecular flexibility index (Phi) is 3.90. The molecule has 0 heterocycles.